The Morgan fingerprint density at radius 3 is 2.90 bits per heavy atom. The molecule has 0 aliphatic heterocycles. The number of hydrogen-bond acceptors (Lipinski definition) is 3. The van der Waals surface area contributed by atoms with Crippen LogP contribution in [-0.2, 0) is 6.54 Å². The summed E-state index contributed by atoms with van der Waals surface area (Å²) >= 11 is 0. The molecule has 0 saturated carbocycles. The highest BCUT2D eigenvalue weighted by molar-refractivity contribution is 4.55. The molecule has 1 aromatic rings. The minimum Gasteiger partial charge on any atom is -0.396 e. The summed E-state index contributed by atoms with van der Waals surface area (Å²) in [5, 5.41) is 12.4. The molecule has 0 fully saturated rings. The molecule has 0 aromatic carbocycles. The number of unbranched alkanes of at least 4 members (excludes halogenated alkanes) is 1. The van der Waals surface area contributed by atoms with Gasteiger partial charge < -0.3 is 5.11 Å². The SMILES string of the molecule is OCCCCn1cncn1. The summed E-state index contributed by atoms with van der Waals surface area (Å²) in [6.45, 7) is 1.11. The van der Waals surface area contributed by atoms with E-state index in [4.69, 9.17) is 5.11 Å². The third-order valence-corrected chi connectivity index (χ3v) is 1.26. The summed E-state index contributed by atoms with van der Waals surface area (Å²) in [6.07, 6.45) is 4.98. The maximum Gasteiger partial charge on any atom is 0.137 e. The van der Waals surface area contributed by atoms with Gasteiger partial charge >= 0.3 is 0 Å². The molecule has 10 heavy (non-hydrogen) atoms. The molecule has 1 aromatic heterocycles. The van der Waals surface area contributed by atoms with Crippen molar-refractivity contribution < 1.29 is 5.11 Å². The second kappa shape index (κ2) is 4.00. The number of aromatic nitrogens is 3. The highest BCUT2D eigenvalue weighted by atomic mass is 16.2. The number of hydrogen-bond donors (Lipinski definition) is 1. The van der Waals surface area contributed by atoms with Crippen LogP contribution in [-0.4, -0.2) is 26.5 Å². The van der Waals surface area contributed by atoms with Crippen LogP contribution in [0.15, 0.2) is 12.7 Å². The lowest BCUT2D eigenvalue weighted by atomic mass is 10.3. The Hall–Kier alpha value is -0.900. The van der Waals surface area contributed by atoms with E-state index in [2.05, 4.69) is 10.1 Å². The van der Waals surface area contributed by atoms with Gasteiger partial charge in [-0.1, -0.05) is 0 Å². The molecule has 0 amide bonds. The molecule has 0 spiro atoms. The largest absolute Gasteiger partial charge is 0.396 e. The van der Waals surface area contributed by atoms with E-state index in [1.165, 1.54) is 6.33 Å². The number of rotatable bonds is 4. The molecule has 0 aliphatic rings. The summed E-state index contributed by atoms with van der Waals surface area (Å²) < 4.78 is 1.76. The van der Waals surface area contributed by atoms with E-state index < -0.39 is 0 Å². The molecule has 0 aliphatic carbocycles. The fourth-order valence-corrected chi connectivity index (χ4v) is 0.734. The van der Waals surface area contributed by atoms with Crippen molar-refractivity contribution in [3.63, 3.8) is 0 Å². The van der Waals surface area contributed by atoms with E-state index >= 15 is 0 Å². The van der Waals surface area contributed by atoms with Gasteiger partial charge in [0.05, 0.1) is 0 Å². The second-order valence-electron chi connectivity index (χ2n) is 2.09. The maximum absolute atomic E-state index is 8.45. The molecule has 0 saturated heterocycles. The summed E-state index contributed by atoms with van der Waals surface area (Å²) in [6, 6.07) is 0. The van der Waals surface area contributed by atoms with Crippen molar-refractivity contribution in [1.82, 2.24) is 14.8 Å². The van der Waals surface area contributed by atoms with Crippen LogP contribution in [0.5, 0.6) is 0 Å². The van der Waals surface area contributed by atoms with Crippen molar-refractivity contribution in [3.8, 4) is 0 Å². The summed E-state index contributed by atoms with van der Waals surface area (Å²) in [5.41, 5.74) is 0. The Bertz CT molecular complexity index is 162. The van der Waals surface area contributed by atoms with E-state index in [9.17, 15) is 0 Å². The van der Waals surface area contributed by atoms with Crippen molar-refractivity contribution in [2.45, 2.75) is 19.4 Å². The van der Waals surface area contributed by atoms with Gasteiger partial charge in [0.1, 0.15) is 12.7 Å². The molecule has 4 heteroatoms. The number of aryl methyl sites for hydroxylation is 1. The molecule has 56 valence electrons. The van der Waals surface area contributed by atoms with Crippen LogP contribution in [0.3, 0.4) is 0 Å². The Morgan fingerprint density at radius 2 is 2.30 bits per heavy atom. The predicted molar refractivity (Wildman–Crippen MR) is 36.3 cm³/mol. The highest BCUT2D eigenvalue weighted by Crippen LogP contribution is 1.90. The highest BCUT2D eigenvalue weighted by Gasteiger charge is 1.89. The smallest absolute Gasteiger partial charge is 0.137 e. The van der Waals surface area contributed by atoms with Gasteiger partial charge in [0.25, 0.3) is 0 Å². The zero-order valence-electron chi connectivity index (χ0n) is 5.77. The first kappa shape index (κ1) is 7.21. The average Bonchev–Trinajstić information content (AvgIpc) is 2.41. The first-order chi connectivity index (χ1) is 4.93. The first-order valence-electron chi connectivity index (χ1n) is 3.37. The van der Waals surface area contributed by atoms with E-state index in [0.29, 0.717) is 0 Å². The summed E-state index contributed by atoms with van der Waals surface area (Å²) in [5.74, 6) is 0. The van der Waals surface area contributed by atoms with E-state index in [-0.39, 0.29) is 6.61 Å². The van der Waals surface area contributed by atoms with Crippen molar-refractivity contribution in [1.29, 1.82) is 0 Å². The fraction of sp³-hybridized carbons (Fsp3) is 0.667. The fourth-order valence-electron chi connectivity index (χ4n) is 0.734. The Morgan fingerprint density at radius 1 is 1.40 bits per heavy atom. The van der Waals surface area contributed by atoms with Crippen LogP contribution in [0, 0.1) is 0 Å². The normalized spacial score (nSPS) is 10.1. The minimum absolute atomic E-state index is 0.259. The number of nitrogens with zero attached hydrogens (tertiary/aromatic N) is 3. The maximum atomic E-state index is 8.45. The Labute approximate surface area is 59.5 Å². The molecule has 1 heterocycles. The minimum atomic E-state index is 0.259. The topological polar surface area (TPSA) is 50.9 Å². The molecule has 1 rings (SSSR count). The van der Waals surface area contributed by atoms with E-state index in [0.717, 1.165) is 19.4 Å². The summed E-state index contributed by atoms with van der Waals surface area (Å²) in [4.78, 5) is 3.79. The number of aliphatic hydroxyl groups is 1. The molecule has 0 radical (unpaired) electrons. The molecular formula is C6H11N3O. The van der Waals surface area contributed by atoms with Crippen LogP contribution < -0.4 is 0 Å². The van der Waals surface area contributed by atoms with Gasteiger partial charge in [0.15, 0.2) is 0 Å². The molecule has 0 bridgehead atoms. The van der Waals surface area contributed by atoms with Gasteiger partial charge in [-0.2, -0.15) is 5.10 Å². The first-order valence-corrected chi connectivity index (χ1v) is 3.37. The zero-order valence-corrected chi connectivity index (χ0v) is 5.77. The van der Waals surface area contributed by atoms with Crippen LogP contribution in [0.25, 0.3) is 0 Å². The van der Waals surface area contributed by atoms with Crippen molar-refractivity contribution in [3.05, 3.63) is 12.7 Å². The van der Waals surface area contributed by atoms with Crippen molar-refractivity contribution in [2.24, 2.45) is 0 Å². The molecule has 0 atom stereocenters. The lowest BCUT2D eigenvalue weighted by Gasteiger charge is -1.96. The van der Waals surface area contributed by atoms with Crippen LogP contribution in [0.2, 0.25) is 0 Å². The molecular weight excluding hydrogens is 130 g/mol. The van der Waals surface area contributed by atoms with Crippen molar-refractivity contribution in [2.75, 3.05) is 6.61 Å². The third kappa shape index (κ3) is 2.14. The summed E-state index contributed by atoms with van der Waals surface area (Å²) in [7, 11) is 0. The van der Waals surface area contributed by atoms with Gasteiger partial charge in [-0.25, -0.2) is 4.98 Å². The number of aliphatic hydroxyl groups excluding tert-OH is 1. The lowest BCUT2D eigenvalue weighted by Crippen LogP contribution is -1.98. The van der Waals surface area contributed by atoms with Crippen LogP contribution >= 0.6 is 0 Å². The average molecular weight is 141 g/mol. The van der Waals surface area contributed by atoms with Crippen LogP contribution in [0.1, 0.15) is 12.8 Å². The third-order valence-electron chi connectivity index (χ3n) is 1.26. The van der Waals surface area contributed by atoms with Crippen LogP contribution in [0.4, 0.5) is 0 Å². The standard InChI is InChI=1S/C6H11N3O/c10-4-2-1-3-9-6-7-5-8-9/h5-6,10H,1-4H2. The van der Waals surface area contributed by atoms with Gasteiger partial charge in [0, 0.05) is 13.2 Å². The molecule has 1 N–H and O–H groups in total. The molecule has 0 unspecified atom stereocenters. The monoisotopic (exact) mass is 141 g/mol. The molecule has 4 nitrogen and oxygen atoms in total. The van der Waals surface area contributed by atoms with Gasteiger partial charge in [0.2, 0.25) is 0 Å². The van der Waals surface area contributed by atoms with Gasteiger partial charge in [-0.3, -0.25) is 4.68 Å². The zero-order chi connectivity index (χ0) is 7.23. The van der Waals surface area contributed by atoms with Gasteiger partial charge in [-0.15, -0.1) is 0 Å². The quantitative estimate of drug-likeness (QED) is 0.603. The van der Waals surface area contributed by atoms with Crippen molar-refractivity contribution >= 4 is 0 Å². The Balaban J connectivity index is 2.15. The van der Waals surface area contributed by atoms with E-state index in [1.807, 2.05) is 0 Å². The van der Waals surface area contributed by atoms with E-state index in [1.54, 1.807) is 11.0 Å². The second-order valence-corrected chi connectivity index (χ2v) is 2.09. The predicted octanol–water partition coefficient (Wildman–Crippen LogP) is 0.0506. The Kier molecular flexibility index (Phi) is 2.89. The lowest BCUT2D eigenvalue weighted by molar-refractivity contribution is 0.280. The van der Waals surface area contributed by atoms with Gasteiger partial charge in [-0.05, 0) is 12.8 Å².